The Hall–Kier alpha value is -2.36. The summed E-state index contributed by atoms with van der Waals surface area (Å²) in [7, 11) is -7.60. The van der Waals surface area contributed by atoms with Crippen LogP contribution < -0.4 is 4.83 Å². The smallest absolute Gasteiger partial charge is 0.224 e. The van der Waals surface area contributed by atoms with Gasteiger partial charge in [-0.1, -0.05) is 41.9 Å². The number of aromatic nitrogens is 2. The predicted octanol–water partition coefficient (Wildman–Crippen LogP) is 2.54. The highest BCUT2D eigenvalue weighted by Gasteiger charge is 2.24. The summed E-state index contributed by atoms with van der Waals surface area (Å²) in [6, 6.07) is 14.0. The first-order valence-corrected chi connectivity index (χ1v) is 11.1. The molecule has 0 saturated carbocycles. The zero-order chi connectivity index (χ0) is 18.9. The van der Waals surface area contributed by atoms with Crippen LogP contribution in [-0.2, 0) is 19.9 Å². The quantitative estimate of drug-likeness (QED) is 0.695. The number of benzene rings is 2. The highest BCUT2D eigenvalue weighted by molar-refractivity contribution is 7.92. The number of rotatable bonds is 5. The third-order valence-electron chi connectivity index (χ3n) is 3.51. The number of halogens is 1. The lowest BCUT2D eigenvalue weighted by Crippen LogP contribution is -2.25. The summed E-state index contributed by atoms with van der Waals surface area (Å²) in [4.78, 5) is 3.15. The molecule has 0 amide bonds. The summed E-state index contributed by atoms with van der Waals surface area (Å²) >= 11 is 5.88. The maximum atomic E-state index is 12.6. The van der Waals surface area contributed by atoms with Gasteiger partial charge in [-0.25, -0.2) is 8.42 Å². The van der Waals surface area contributed by atoms with Gasteiger partial charge >= 0.3 is 0 Å². The van der Waals surface area contributed by atoms with Gasteiger partial charge in [0.15, 0.2) is 9.84 Å². The van der Waals surface area contributed by atoms with Crippen LogP contribution in [0.1, 0.15) is 0 Å². The lowest BCUT2D eigenvalue weighted by molar-refractivity contribution is 0.591. The molecule has 0 saturated heterocycles. The maximum Gasteiger partial charge on any atom is 0.276 e. The minimum atomic E-state index is -3.95. The van der Waals surface area contributed by atoms with Gasteiger partial charge in [-0.2, -0.15) is 23.1 Å². The van der Waals surface area contributed by atoms with Crippen molar-refractivity contribution < 1.29 is 16.8 Å². The van der Waals surface area contributed by atoms with Gasteiger partial charge < -0.3 is 0 Å². The molecule has 10 heteroatoms. The Morgan fingerprint density at radius 1 is 0.962 bits per heavy atom. The number of hydrogen-bond donors (Lipinski definition) is 1. The van der Waals surface area contributed by atoms with E-state index in [4.69, 9.17) is 11.6 Å². The fourth-order valence-corrected chi connectivity index (χ4v) is 4.22. The fourth-order valence-electron chi connectivity index (χ4n) is 2.31. The summed E-state index contributed by atoms with van der Waals surface area (Å²) in [6.45, 7) is 0. The molecule has 2 aromatic carbocycles. The van der Waals surface area contributed by atoms with E-state index in [1.54, 1.807) is 42.5 Å². The zero-order valence-electron chi connectivity index (χ0n) is 13.5. The molecule has 7 nitrogen and oxygen atoms in total. The van der Waals surface area contributed by atoms with Crippen LogP contribution in [0, 0.1) is 0 Å². The van der Waals surface area contributed by atoms with Crippen LogP contribution in [0.4, 0.5) is 0 Å². The van der Waals surface area contributed by atoms with Crippen molar-refractivity contribution in [3.05, 3.63) is 65.8 Å². The van der Waals surface area contributed by atoms with Crippen molar-refractivity contribution in [2.45, 2.75) is 9.79 Å². The number of sulfone groups is 1. The van der Waals surface area contributed by atoms with Gasteiger partial charge in [0.1, 0.15) is 10.6 Å². The number of nitrogens with one attached hydrogen (secondary N) is 1. The molecule has 0 atom stereocenters. The van der Waals surface area contributed by atoms with Gasteiger partial charge in [-0.05, 0) is 24.3 Å². The van der Waals surface area contributed by atoms with Gasteiger partial charge in [0, 0.05) is 16.8 Å². The third kappa shape index (κ3) is 3.74. The molecule has 0 bridgehead atoms. The van der Waals surface area contributed by atoms with E-state index in [-0.39, 0.29) is 15.5 Å². The van der Waals surface area contributed by atoms with Crippen LogP contribution in [0.3, 0.4) is 0 Å². The minimum absolute atomic E-state index is 0.0264. The van der Waals surface area contributed by atoms with Crippen LogP contribution in [0.2, 0.25) is 5.02 Å². The normalized spacial score (nSPS) is 12.1. The molecule has 0 aliphatic carbocycles. The van der Waals surface area contributed by atoms with Crippen molar-refractivity contribution in [2.75, 3.05) is 11.1 Å². The topological polar surface area (TPSA) is 98.1 Å². The lowest BCUT2D eigenvalue weighted by Gasteiger charge is -2.12. The van der Waals surface area contributed by atoms with E-state index in [1.807, 2.05) is 0 Å². The van der Waals surface area contributed by atoms with E-state index >= 15 is 0 Å². The molecule has 136 valence electrons. The highest BCUT2D eigenvalue weighted by Crippen LogP contribution is 2.28. The van der Waals surface area contributed by atoms with Gasteiger partial charge in [0.05, 0.1) is 11.1 Å². The van der Waals surface area contributed by atoms with E-state index in [0.717, 1.165) is 17.2 Å². The summed E-state index contributed by atoms with van der Waals surface area (Å²) in [5.41, 5.74) is 0.548. The number of nitrogens with zero attached hydrogens (tertiary/aromatic N) is 2. The first-order chi connectivity index (χ1) is 12.2. The van der Waals surface area contributed by atoms with Crippen molar-refractivity contribution >= 4 is 31.5 Å². The second-order valence-corrected chi connectivity index (χ2v) is 9.54. The van der Waals surface area contributed by atoms with Crippen LogP contribution in [0.25, 0.3) is 11.3 Å². The fraction of sp³-hybridized carbons (Fsp3) is 0.0625. The molecule has 3 rings (SSSR count). The molecule has 0 fully saturated rings. The molecule has 0 aliphatic heterocycles. The predicted molar refractivity (Wildman–Crippen MR) is 98.8 cm³/mol. The van der Waals surface area contributed by atoms with Gasteiger partial charge in [0.2, 0.25) is 0 Å². The van der Waals surface area contributed by atoms with Crippen LogP contribution in [-0.4, -0.2) is 33.0 Å². The second kappa shape index (κ2) is 6.75. The Morgan fingerprint density at radius 2 is 1.58 bits per heavy atom. The average Bonchev–Trinajstić information content (AvgIpc) is 2.99. The molecular formula is C16H14ClN3O4S2. The number of sulfonamides is 1. The van der Waals surface area contributed by atoms with Crippen LogP contribution >= 0.6 is 11.6 Å². The van der Waals surface area contributed by atoms with Gasteiger partial charge in [-0.3, -0.25) is 0 Å². The Morgan fingerprint density at radius 3 is 2.15 bits per heavy atom. The Labute approximate surface area is 156 Å². The van der Waals surface area contributed by atoms with Crippen molar-refractivity contribution in [2.24, 2.45) is 0 Å². The minimum Gasteiger partial charge on any atom is -0.224 e. The molecule has 0 aliphatic rings. The first kappa shape index (κ1) is 18.4. The highest BCUT2D eigenvalue weighted by atomic mass is 35.5. The van der Waals surface area contributed by atoms with Crippen molar-refractivity contribution in [3.63, 3.8) is 0 Å². The average molecular weight is 412 g/mol. The molecule has 3 aromatic rings. The Kier molecular flexibility index (Phi) is 4.78. The Balaban J connectivity index is 2.14. The third-order valence-corrected chi connectivity index (χ3v) is 6.17. The van der Waals surface area contributed by atoms with E-state index < -0.39 is 19.9 Å². The molecule has 0 unspecified atom stereocenters. The van der Waals surface area contributed by atoms with Crippen molar-refractivity contribution in [1.29, 1.82) is 0 Å². The molecule has 0 radical (unpaired) electrons. The molecule has 1 heterocycles. The molecule has 26 heavy (non-hydrogen) atoms. The first-order valence-electron chi connectivity index (χ1n) is 7.30. The standard InChI is InChI=1S/C16H14ClN3O4S2/c1-25(21,22)15-11-18-20(16(15)12-7-9-13(17)10-8-12)19-26(23,24)14-5-3-2-4-6-14/h2-11,19H,1H3. The lowest BCUT2D eigenvalue weighted by atomic mass is 10.1. The molecular weight excluding hydrogens is 398 g/mol. The monoisotopic (exact) mass is 411 g/mol. The maximum absolute atomic E-state index is 12.6. The van der Waals surface area contributed by atoms with Crippen LogP contribution in [0.5, 0.6) is 0 Å². The Bertz CT molecular complexity index is 1140. The van der Waals surface area contributed by atoms with E-state index in [2.05, 4.69) is 9.93 Å². The molecule has 0 spiro atoms. The largest absolute Gasteiger partial charge is 0.276 e. The summed E-state index contributed by atoms with van der Waals surface area (Å²) < 4.78 is 49.3. The van der Waals surface area contributed by atoms with Crippen molar-refractivity contribution in [1.82, 2.24) is 9.89 Å². The second-order valence-electron chi connectivity index (χ2n) is 5.46. The van der Waals surface area contributed by atoms with E-state index in [1.165, 1.54) is 12.1 Å². The number of hydrogen-bond acceptors (Lipinski definition) is 5. The van der Waals surface area contributed by atoms with E-state index in [0.29, 0.717) is 10.6 Å². The van der Waals surface area contributed by atoms with Gasteiger partial charge in [-0.15, -0.1) is 0 Å². The molecule has 1 aromatic heterocycles. The van der Waals surface area contributed by atoms with Crippen LogP contribution in [0.15, 0.2) is 70.6 Å². The summed E-state index contributed by atoms with van der Waals surface area (Å²) in [5.74, 6) is 0. The van der Waals surface area contributed by atoms with E-state index in [9.17, 15) is 16.8 Å². The van der Waals surface area contributed by atoms with Gasteiger partial charge in [0.25, 0.3) is 10.0 Å². The van der Waals surface area contributed by atoms with Crippen molar-refractivity contribution in [3.8, 4) is 11.3 Å². The summed E-state index contributed by atoms with van der Waals surface area (Å²) in [6.07, 6.45) is 2.13. The molecule has 1 N–H and O–H groups in total. The summed E-state index contributed by atoms with van der Waals surface area (Å²) in [5, 5.41) is 4.37. The SMILES string of the molecule is CS(=O)(=O)c1cnn(NS(=O)(=O)c2ccccc2)c1-c1ccc(Cl)cc1. The zero-order valence-corrected chi connectivity index (χ0v) is 15.9.